The average Bonchev–Trinajstić information content (AvgIpc) is 2.22. The predicted octanol–water partition coefficient (Wildman–Crippen LogP) is 0.849. The summed E-state index contributed by atoms with van der Waals surface area (Å²) in [6, 6.07) is 0.381. The zero-order valence-corrected chi connectivity index (χ0v) is 9.36. The van der Waals surface area contributed by atoms with Crippen molar-refractivity contribution in [2.75, 3.05) is 32.8 Å². The highest BCUT2D eigenvalue weighted by Gasteiger charge is 2.28. The first-order chi connectivity index (χ1) is 7.18. The van der Waals surface area contributed by atoms with Crippen LogP contribution in [0.4, 0.5) is 0 Å². The minimum absolute atomic E-state index is 0.0279. The van der Waals surface area contributed by atoms with Gasteiger partial charge < -0.3 is 20.3 Å². The molecule has 4 nitrogen and oxygen atoms in total. The molecule has 0 spiro atoms. The molecule has 1 heterocycles. The van der Waals surface area contributed by atoms with Crippen LogP contribution in [0.1, 0.15) is 25.7 Å². The van der Waals surface area contributed by atoms with Crippen LogP contribution in [-0.4, -0.2) is 43.5 Å². The number of ether oxygens (including phenoxy) is 1. The Balaban J connectivity index is 1.80. The van der Waals surface area contributed by atoms with Crippen LogP contribution in [0.2, 0.25) is 0 Å². The summed E-state index contributed by atoms with van der Waals surface area (Å²) in [7, 11) is 0. The third-order valence-electron chi connectivity index (χ3n) is 3.77. The van der Waals surface area contributed by atoms with Crippen LogP contribution in [0.3, 0.4) is 0 Å². The van der Waals surface area contributed by atoms with Crippen LogP contribution >= 0.6 is 0 Å². The molecule has 0 radical (unpaired) electrons. The second-order valence-electron chi connectivity index (χ2n) is 5.08. The monoisotopic (exact) mass is 214 g/mol. The van der Waals surface area contributed by atoms with Crippen LogP contribution in [0.15, 0.2) is 0 Å². The maximum Gasteiger partial charge on any atom is 0.102 e. The van der Waals surface area contributed by atoms with Gasteiger partial charge in [-0.05, 0) is 25.7 Å². The Kier molecular flexibility index (Phi) is 3.61. The molecule has 0 amide bonds. The molecule has 1 saturated heterocycles. The summed E-state index contributed by atoms with van der Waals surface area (Å²) < 4.78 is 5.21. The van der Waals surface area contributed by atoms with Gasteiger partial charge in [0.25, 0.3) is 0 Å². The van der Waals surface area contributed by atoms with E-state index in [1.165, 1.54) is 0 Å². The fraction of sp³-hybridized carbons (Fsp3) is 1.00. The van der Waals surface area contributed by atoms with Crippen molar-refractivity contribution in [1.82, 2.24) is 0 Å². The third kappa shape index (κ3) is 3.14. The number of morpholine rings is 1. The predicted molar refractivity (Wildman–Crippen MR) is 59.0 cm³/mol. The maximum absolute atomic E-state index is 12.3. The highest BCUT2D eigenvalue weighted by Crippen LogP contribution is 2.26. The fourth-order valence-corrected chi connectivity index (χ4v) is 2.70. The molecule has 0 aromatic rings. The van der Waals surface area contributed by atoms with Crippen molar-refractivity contribution < 1.29 is 9.38 Å². The standard InChI is InChI=1S/C11H22N2O2/c12-11-3-1-10(2-4-11)9-13(14)5-7-15-8-6-13/h10-11H,1-9,12H2. The lowest BCUT2D eigenvalue weighted by Gasteiger charge is -2.47. The van der Waals surface area contributed by atoms with Gasteiger partial charge in [0.2, 0.25) is 0 Å². The zero-order chi connectivity index (χ0) is 10.7. The Morgan fingerprint density at radius 2 is 1.73 bits per heavy atom. The first-order valence-corrected chi connectivity index (χ1v) is 6.08. The Bertz CT molecular complexity index is 197. The van der Waals surface area contributed by atoms with E-state index in [9.17, 15) is 5.21 Å². The number of hydroxylamine groups is 3. The molecule has 2 fully saturated rings. The number of rotatable bonds is 2. The summed E-state index contributed by atoms with van der Waals surface area (Å²) in [6.07, 6.45) is 4.48. The molecule has 2 aliphatic rings. The molecule has 2 rings (SSSR count). The second kappa shape index (κ2) is 4.78. The Hall–Kier alpha value is -0.160. The van der Waals surface area contributed by atoms with Crippen LogP contribution in [0.25, 0.3) is 0 Å². The molecule has 15 heavy (non-hydrogen) atoms. The Morgan fingerprint density at radius 1 is 1.13 bits per heavy atom. The molecule has 0 aromatic heterocycles. The SMILES string of the molecule is NC1CCC(C[N+]2([O-])CCOCC2)CC1. The smallest absolute Gasteiger partial charge is 0.102 e. The molecule has 1 saturated carbocycles. The molecule has 0 atom stereocenters. The van der Waals surface area contributed by atoms with E-state index in [0.717, 1.165) is 32.2 Å². The van der Waals surface area contributed by atoms with Gasteiger partial charge in [-0.2, -0.15) is 0 Å². The summed E-state index contributed by atoms with van der Waals surface area (Å²) in [5.74, 6) is 0.598. The van der Waals surface area contributed by atoms with Gasteiger partial charge in [-0.15, -0.1) is 0 Å². The van der Waals surface area contributed by atoms with Gasteiger partial charge in [0.15, 0.2) is 0 Å². The molecule has 2 N–H and O–H groups in total. The second-order valence-corrected chi connectivity index (χ2v) is 5.08. The zero-order valence-electron chi connectivity index (χ0n) is 9.36. The normalized spacial score (nSPS) is 36.4. The van der Waals surface area contributed by atoms with E-state index >= 15 is 0 Å². The summed E-state index contributed by atoms with van der Waals surface area (Å²) in [5.41, 5.74) is 5.86. The van der Waals surface area contributed by atoms with Gasteiger partial charge in [-0.3, -0.25) is 0 Å². The van der Waals surface area contributed by atoms with E-state index in [2.05, 4.69) is 0 Å². The van der Waals surface area contributed by atoms with Gasteiger partial charge >= 0.3 is 0 Å². The van der Waals surface area contributed by atoms with Crippen LogP contribution in [0.5, 0.6) is 0 Å². The number of quaternary nitrogens is 1. The lowest BCUT2D eigenvalue weighted by molar-refractivity contribution is -0.892. The molecular weight excluding hydrogens is 192 g/mol. The van der Waals surface area contributed by atoms with E-state index in [1.54, 1.807) is 0 Å². The minimum atomic E-state index is -0.0279. The number of nitrogens with two attached hydrogens (primary N) is 1. The summed E-state index contributed by atoms with van der Waals surface area (Å²) in [4.78, 5) is 0. The maximum atomic E-state index is 12.3. The summed E-state index contributed by atoms with van der Waals surface area (Å²) in [6.45, 7) is 3.34. The van der Waals surface area contributed by atoms with Crippen molar-refractivity contribution in [2.45, 2.75) is 31.7 Å². The number of hydrogen-bond acceptors (Lipinski definition) is 3. The molecule has 0 aromatic carbocycles. The largest absolute Gasteiger partial charge is 0.633 e. The van der Waals surface area contributed by atoms with Gasteiger partial charge in [0.05, 0.1) is 19.8 Å². The molecular formula is C11H22N2O2. The Morgan fingerprint density at radius 3 is 2.33 bits per heavy atom. The average molecular weight is 214 g/mol. The van der Waals surface area contributed by atoms with Gasteiger partial charge in [-0.1, -0.05) is 0 Å². The highest BCUT2D eigenvalue weighted by molar-refractivity contribution is 4.74. The van der Waals surface area contributed by atoms with Gasteiger partial charge in [-0.25, -0.2) is 0 Å². The van der Waals surface area contributed by atoms with E-state index in [4.69, 9.17) is 10.5 Å². The first-order valence-electron chi connectivity index (χ1n) is 6.08. The topological polar surface area (TPSA) is 58.3 Å². The minimum Gasteiger partial charge on any atom is -0.633 e. The quantitative estimate of drug-likeness (QED) is 0.547. The molecule has 88 valence electrons. The van der Waals surface area contributed by atoms with Gasteiger partial charge in [0.1, 0.15) is 13.1 Å². The van der Waals surface area contributed by atoms with Crippen LogP contribution in [0, 0.1) is 11.1 Å². The fourth-order valence-electron chi connectivity index (χ4n) is 2.70. The van der Waals surface area contributed by atoms with E-state index in [1.807, 2.05) is 0 Å². The Labute approximate surface area is 91.5 Å². The van der Waals surface area contributed by atoms with Crippen molar-refractivity contribution in [3.05, 3.63) is 5.21 Å². The van der Waals surface area contributed by atoms with Crippen molar-refractivity contribution in [1.29, 1.82) is 0 Å². The molecule has 0 unspecified atom stereocenters. The van der Waals surface area contributed by atoms with Gasteiger partial charge in [0, 0.05) is 12.0 Å². The lowest BCUT2D eigenvalue weighted by atomic mass is 9.86. The third-order valence-corrected chi connectivity index (χ3v) is 3.77. The van der Waals surface area contributed by atoms with E-state index < -0.39 is 0 Å². The van der Waals surface area contributed by atoms with Crippen molar-refractivity contribution >= 4 is 0 Å². The molecule has 1 aliphatic carbocycles. The van der Waals surface area contributed by atoms with Crippen LogP contribution in [-0.2, 0) is 4.74 Å². The summed E-state index contributed by atoms with van der Waals surface area (Å²) >= 11 is 0. The molecule has 1 aliphatic heterocycles. The highest BCUT2D eigenvalue weighted by atomic mass is 16.6. The van der Waals surface area contributed by atoms with Crippen LogP contribution < -0.4 is 5.73 Å². The van der Waals surface area contributed by atoms with E-state index in [-0.39, 0.29) is 4.65 Å². The van der Waals surface area contributed by atoms with E-state index in [0.29, 0.717) is 38.3 Å². The molecule has 0 bridgehead atoms. The summed E-state index contributed by atoms with van der Waals surface area (Å²) in [5, 5.41) is 12.3. The first kappa shape index (κ1) is 11.3. The molecule has 4 heteroatoms. The van der Waals surface area contributed by atoms with Crippen molar-refractivity contribution in [3.8, 4) is 0 Å². The van der Waals surface area contributed by atoms with Crippen molar-refractivity contribution in [2.24, 2.45) is 11.7 Å². The van der Waals surface area contributed by atoms with Crippen molar-refractivity contribution in [3.63, 3.8) is 0 Å². The number of hydrogen-bond donors (Lipinski definition) is 1. The lowest BCUT2D eigenvalue weighted by Crippen LogP contribution is -2.53. The number of nitrogens with zero attached hydrogens (tertiary/aromatic N) is 1.